The molecule has 1 heterocycles. The van der Waals surface area contributed by atoms with Crippen LogP contribution in [0.4, 0.5) is 0 Å². The first kappa shape index (κ1) is 20.5. The average molecular weight is 402 g/mol. The molecule has 2 aromatic carbocycles. The van der Waals surface area contributed by atoms with Crippen LogP contribution in [-0.2, 0) is 23.1 Å². The summed E-state index contributed by atoms with van der Waals surface area (Å²) in [4.78, 5) is 14.9. The van der Waals surface area contributed by atoms with E-state index in [1.165, 1.54) is 57.1 Å². The molecule has 2 N–H and O–H groups in total. The molecule has 0 bridgehead atoms. The van der Waals surface area contributed by atoms with Gasteiger partial charge in [-0.15, -0.1) is 0 Å². The molecule has 0 unspecified atom stereocenters. The van der Waals surface area contributed by atoms with Crippen molar-refractivity contribution in [2.24, 2.45) is 0 Å². The first-order chi connectivity index (χ1) is 13.5. The highest BCUT2D eigenvalue weighted by molar-refractivity contribution is 7.89. The second-order valence-corrected chi connectivity index (χ2v) is 8.96. The second kappa shape index (κ2) is 9.32. The number of nitrogens with one attached hydrogen (secondary N) is 2. The third-order valence-electron chi connectivity index (χ3n) is 5.01. The van der Waals surface area contributed by atoms with Crippen LogP contribution in [0.3, 0.4) is 0 Å². The molecular formula is C21H27N3O3S. The predicted molar refractivity (Wildman–Crippen MR) is 109 cm³/mol. The highest BCUT2D eigenvalue weighted by Crippen LogP contribution is 2.14. The monoisotopic (exact) mass is 401 g/mol. The van der Waals surface area contributed by atoms with E-state index >= 15 is 0 Å². The topological polar surface area (TPSA) is 78.5 Å². The number of rotatable bonds is 7. The van der Waals surface area contributed by atoms with E-state index in [1.54, 1.807) is 12.1 Å². The molecule has 0 aliphatic carbocycles. The Morgan fingerprint density at radius 1 is 1.00 bits per heavy atom. The number of hydrogen-bond acceptors (Lipinski definition) is 4. The molecule has 1 aliphatic heterocycles. The van der Waals surface area contributed by atoms with Gasteiger partial charge in [0.15, 0.2) is 0 Å². The Kier molecular flexibility index (Phi) is 6.83. The summed E-state index contributed by atoms with van der Waals surface area (Å²) in [5.74, 6) is -0.300. The number of benzene rings is 2. The minimum absolute atomic E-state index is 0.0738. The number of nitrogens with zero attached hydrogens (tertiary/aromatic N) is 1. The largest absolute Gasteiger partial charge is 0.348 e. The summed E-state index contributed by atoms with van der Waals surface area (Å²) >= 11 is 0. The molecule has 150 valence electrons. The lowest BCUT2D eigenvalue weighted by Crippen LogP contribution is -2.29. The molecule has 1 aliphatic rings. The molecule has 7 heteroatoms. The van der Waals surface area contributed by atoms with Gasteiger partial charge in [0, 0.05) is 18.7 Å². The molecule has 28 heavy (non-hydrogen) atoms. The number of sulfonamides is 1. The molecule has 0 aromatic heterocycles. The van der Waals surface area contributed by atoms with Crippen LogP contribution in [0.25, 0.3) is 0 Å². The van der Waals surface area contributed by atoms with Gasteiger partial charge in [0.05, 0.1) is 4.90 Å². The molecule has 0 saturated carbocycles. The highest BCUT2D eigenvalue weighted by atomic mass is 32.2. The maximum absolute atomic E-state index is 12.4. The Morgan fingerprint density at radius 2 is 1.68 bits per heavy atom. The van der Waals surface area contributed by atoms with Crippen molar-refractivity contribution in [2.45, 2.75) is 37.2 Å². The van der Waals surface area contributed by atoms with Gasteiger partial charge in [0.1, 0.15) is 0 Å². The normalized spacial score (nSPS) is 15.3. The van der Waals surface area contributed by atoms with Crippen LogP contribution in [-0.4, -0.2) is 39.4 Å². The van der Waals surface area contributed by atoms with Crippen molar-refractivity contribution < 1.29 is 13.2 Å². The smallest absolute Gasteiger partial charge is 0.251 e. The summed E-state index contributed by atoms with van der Waals surface area (Å²) in [5, 5.41) is 2.85. The van der Waals surface area contributed by atoms with Crippen LogP contribution in [0.2, 0.25) is 0 Å². The van der Waals surface area contributed by atoms with Gasteiger partial charge in [-0.25, -0.2) is 13.1 Å². The van der Waals surface area contributed by atoms with Gasteiger partial charge in [-0.05, 0) is 62.3 Å². The van der Waals surface area contributed by atoms with E-state index in [0.29, 0.717) is 12.1 Å². The number of carbonyl (C=O) groups is 1. The molecule has 0 radical (unpaired) electrons. The Hall–Kier alpha value is -2.22. The number of carbonyl (C=O) groups excluding carboxylic acids is 1. The summed E-state index contributed by atoms with van der Waals surface area (Å²) in [6, 6.07) is 14.3. The summed E-state index contributed by atoms with van der Waals surface area (Å²) in [5.41, 5.74) is 2.61. The fourth-order valence-corrected chi connectivity index (χ4v) is 4.12. The highest BCUT2D eigenvalue weighted by Gasteiger charge is 2.14. The van der Waals surface area contributed by atoms with Gasteiger partial charge < -0.3 is 5.32 Å². The molecule has 1 saturated heterocycles. The predicted octanol–water partition coefficient (Wildman–Crippen LogP) is 2.51. The van der Waals surface area contributed by atoms with Gasteiger partial charge in [0.2, 0.25) is 10.0 Å². The SMILES string of the molecule is CNS(=O)(=O)c1cccc(C(=O)NCc2ccc(CN3CCCCC3)cc2)c1. The zero-order valence-corrected chi connectivity index (χ0v) is 17.0. The number of amides is 1. The standard InChI is InChI=1S/C21H27N3O3S/c1-22-28(26,27)20-7-5-6-19(14-20)21(25)23-15-17-8-10-18(11-9-17)16-24-12-3-2-4-13-24/h5-11,14,22H,2-4,12-13,15-16H2,1H3,(H,23,25). The Balaban J connectivity index is 1.56. The fraction of sp³-hybridized carbons (Fsp3) is 0.381. The first-order valence-electron chi connectivity index (χ1n) is 9.60. The van der Waals surface area contributed by atoms with Crippen molar-refractivity contribution in [1.29, 1.82) is 0 Å². The number of likely N-dealkylation sites (tertiary alicyclic amines) is 1. The van der Waals surface area contributed by atoms with Gasteiger partial charge in [0.25, 0.3) is 5.91 Å². The lowest BCUT2D eigenvalue weighted by Gasteiger charge is -2.26. The molecule has 0 spiro atoms. The summed E-state index contributed by atoms with van der Waals surface area (Å²) in [7, 11) is -2.23. The Bertz CT molecular complexity index is 905. The van der Waals surface area contributed by atoms with Crippen LogP contribution in [0.5, 0.6) is 0 Å². The molecule has 3 rings (SSSR count). The van der Waals surface area contributed by atoms with E-state index in [-0.39, 0.29) is 10.8 Å². The summed E-state index contributed by atoms with van der Waals surface area (Å²) in [6.07, 6.45) is 3.89. The third-order valence-corrected chi connectivity index (χ3v) is 6.42. The van der Waals surface area contributed by atoms with Gasteiger partial charge >= 0.3 is 0 Å². The van der Waals surface area contributed by atoms with E-state index in [9.17, 15) is 13.2 Å². The van der Waals surface area contributed by atoms with Crippen LogP contribution in [0.15, 0.2) is 53.4 Å². The van der Waals surface area contributed by atoms with Crippen molar-refractivity contribution in [2.75, 3.05) is 20.1 Å². The Morgan fingerprint density at radius 3 is 2.36 bits per heavy atom. The van der Waals surface area contributed by atoms with Crippen LogP contribution in [0, 0.1) is 0 Å². The van der Waals surface area contributed by atoms with E-state index in [2.05, 4.69) is 27.1 Å². The zero-order chi connectivity index (χ0) is 20.0. The number of piperidine rings is 1. The Labute approximate surface area is 167 Å². The van der Waals surface area contributed by atoms with Crippen LogP contribution >= 0.6 is 0 Å². The van der Waals surface area contributed by atoms with Gasteiger partial charge in [-0.1, -0.05) is 36.8 Å². The quantitative estimate of drug-likeness (QED) is 0.747. The number of hydrogen-bond donors (Lipinski definition) is 2. The third kappa shape index (κ3) is 5.41. The van der Waals surface area contributed by atoms with E-state index in [1.807, 2.05) is 12.1 Å². The van der Waals surface area contributed by atoms with Gasteiger partial charge in [-0.2, -0.15) is 0 Å². The first-order valence-corrected chi connectivity index (χ1v) is 11.1. The lowest BCUT2D eigenvalue weighted by molar-refractivity contribution is 0.0950. The molecule has 1 amide bonds. The van der Waals surface area contributed by atoms with Crippen molar-refractivity contribution in [1.82, 2.24) is 14.9 Å². The van der Waals surface area contributed by atoms with Gasteiger partial charge in [-0.3, -0.25) is 9.69 Å². The van der Waals surface area contributed by atoms with E-state index < -0.39 is 10.0 Å². The van der Waals surface area contributed by atoms with Crippen molar-refractivity contribution in [3.8, 4) is 0 Å². The van der Waals surface area contributed by atoms with Crippen molar-refractivity contribution in [3.63, 3.8) is 0 Å². The lowest BCUT2D eigenvalue weighted by atomic mass is 10.1. The zero-order valence-electron chi connectivity index (χ0n) is 16.1. The van der Waals surface area contributed by atoms with Crippen LogP contribution in [0.1, 0.15) is 40.7 Å². The molecule has 0 atom stereocenters. The van der Waals surface area contributed by atoms with Crippen LogP contribution < -0.4 is 10.0 Å². The van der Waals surface area contributed by atoms with E-state index in [0.717, 1.165) is 12.1 Å². The maximum atomic E-state index is 12.4. The average Bonchev–Trinajstić information content (AvgIpc) is 2.74. The summed E-state index contributed by atoms with van der Waals surface area (Å²) < 4.78 is 26.0. The molecule has 2 aromatic rings. The molecular weight excluding hydrogens is 374 g/mol. The fourth-order valence-electron chi connectivity index (χ4n) is 3.34. The molecule has 6 nitrogen and oxygen atoms in total. The minimum Gasteiger partial charge on any atom is -0.348 e. The van der Waals surface area contributed by atoms with Crippen molar-refractivity contribution >= 4 is 15.9 Å². The minimum atomic E-state index is -3.57. The maximum Gasteiger partial charge on any atom is 0.251 e. The summed E-state index contributed by atoms with van der Waals surface area (Å²) in [6.45, 7) is 3.70. The van der Waals surface area contributed by atoms with Crippen molar-refractivity contribution in [3.05, 3.63) is 65.2 Å². The van der Waals surface area contributed by atoms with E-state index in [4.69, 9.17) is 0 Å². The second-order valence-electron chi connectivity index (χ2n) is 7.07. The molecule has 1 fully saturated rings.